The summed E-state index contributed by atoms with van der Waals surface area (Å²) in [5, 5.41) is 6.14. The monoisotopic (exact) mass is 262 g/mol. The van der Waals surface area contributed by atoms with Crippen LogP contribution in [-0.4, -0.2) is 31.7 Å². The molecule has 1 aromatic carbocycles. The second-order valence-electron chi connectivity index (χ2n) is 5.00. The van der Waals surface area contributed by atoms with Crippen molar-refractivity contribution in [2.75, 3.05) is 19.0 Å². The Hall–Kier alpha value is -1.55. The molecule has 1 fully saturated rings. The molecule has 1 saturated carbocycles. The first-order valence-corrected chi connectivity index (χ1v) is 6.85. The van der Waals surface area contributed by atoms with E-state index < -0.39 is 0 Å². The van der Waals surface area contributed by atoms with Crippen LogP contribution in [0.5, 0.6) is 0 Å². The highest BCUT2D eigenvalue weighted by Gasteiger charge is 2.29. The van der Waals surface area contributed by atoms with Crippen LogP contribution in [0.1, 0.15) is 35.7 Å². The number of carbonyl (C=O) groups is 1. The first-order valence-electron chi connectivity index (χ1n) is 6.85. The minimum atomic E-state index is -0.0466. The lowest BCUT2D eigenvalue weighted by Crippen LogP contribution is -2.40. The van der Waals surface area contributed by atoms with Crippen molar-refractivity contribution in [3.63, 3.8) is 0 Å². The molecule has 1 aromatic rings. The van der Waals surface area contributed by atoms with Gasteiger partial charge in [-0.25, -0.2) is 0 Å². The first-order chi connectivity index (χ1) is 9.13. The maximum absolute atomic E-state index is 11.5. The highest BCUT2D eigenvalue weighted by Crippen LogP contribution is 2.28. The number of benzene rings is 1. The zero-order chi connectivity index (χ0) is 13.8. The van der Waals surface area contributed by atoms with Gasteiger partial charge in [0.15, 0.2) is 0 Å². The lowest BCUT2D eigenvalue weighted by atomic mass is 9.88. The van der Waals surface area contributed by atoms with Crippen molar-refractivity contribution in [1.82, 2.24) is 5.32 Å². The van der Waals surface area contributed by atoms with Crippen LogP contribution in [0.15, 0.2) is 18.2 Å². The van der Waals surface area contributed by atoms with Gasteiger partial charge in [-0.3, -0.25) is 4.79 Å². The second kappa shape index (κ2) is 6.06. The van der Waals surface area contributed by atoms with E-state index in [0.717, 1.165) is 30.7 Å². The molecular weight excluding hydrogens is 240 g/mol. The summed E-state index contributed by atoms with van der Waals surface area (Å²) in [6, 6.07) is 6.24. The van der Waals surface area contributed by atoms with Crippen molar-refractivity contribution in [1.29, 1.82) is 0 Å². The van der Waals surface area contributed by atoms with Crippen LogP contribution < -0.4 is 10.6 Å². The molecule has 0 atom stereocenters. The number of aryl methyl sites for hydroxylation is 1. The van der Waals surface area contributed by atoms with Crippen molar-refractivity contribution in [3.8, 4) is 0 Å². The van der Waals surface area contributed by atoms with E-state index in [0.29, 0.717) is 17.7 Å². The maximum atomic E-state index is 11.5. The zero-order valence-corrected chi connectivity index (χ0v) is 11.8. The average Bonchev–Trinajstić information content (AvgIpc) is 2.37. The summed E-state index contributed by atoms with van der Waals surface area (Å²) < 4.78 is 5.55. The molecule has 4 nitrogen and oxygen atoms in total. The number of hydrogen-bond donors (Lipinski definition) is 2. The summed E-state index contributed by atoms with van der Waals surface area (Å²) in [7, 11) is 1.64. The third kappa shape index (κ3) is 3.26. The fourth-order valence-corrected chi connectivity index (χ4v) is 2.39. The van der Waals surface area contributed by atoms with Gasteiger partial charge in [-0.2, -0.15) is 0 Å². The van der Waals surface area contributed by atoms with Gasteiger partial charge in [-0.1, -0.05) is 0 Å². The molecule has 0 unspecified atom stereocenters. The molecule has 1 aliphatic rings. The Morgan fingerprint density at radius 3 is 2.74 bits per heavy atom. The molecule has 4 heteroatoms. The Balaban J connectivity index is 1.93. The third-order valence-electron chi connectivity index (χ3n) is 3.57. The SMILES string of the molecule is CCOC1CC(Nc2ccc(C(=O)NC)cc2C)C1. The molecular formula is C15H22N2O2. The molecule has 0 aliphatic heterocycles. The molecule has 104 valence electrons. The molecule has 0 saturated heterocycles. The van der Waals surface area contributed by atoms with Gasteiger partial charge < -0.3 is 15.4 Å². The van der Waals surface area contributed by atoms with E-state index in [2.05, 4.69) is 10.6 Å². The Bertz CT molecular complexity index is 453. The number of nitrogens with one attached hydrogen (secondary N) is 2. The minimum Gasteiger partial charge on any atom is -0.382 e. The largest absolute Gasteiger partial charge is 0.382 e. The number of ether oxygens (including phenoxy) is 1. The van der Waals surface area contributed by atoms with Gasteiger partial charge in [0, 0.05) is 30.9 Å². The number of carbonyl (C=O) groups excluding carboxylic acids is 1. The second-order valence-corrected chi connectivity index (χ2v) is 5.00. The summed E-state index contributed by atoms with van der Waals surface area (Å²) >= 11 is 0. The highest BCUT2D eigenvalue weighted by atomic mass is 16.5. The number of amides is 1. The van der Waals surface area contributed by atoms with Gasteiger partial charge in [-0.15, -0.1) is 0 Å². The summed E-state index contributed by atoms with van der Waals surface area (Å²) in [5.74, 6) is -0.0466. The molecule has 1 amide bonds. The van der Waals surface area contributed by atoms with E-state index in [1.807, 2.05) is 32.0 Å². The Morgan fingerprint density at radius 2 is 2.16 bits per heavy atom. The predicted molar refractivity (Wildman–Crippen MR) is 76.6 cm³/mol. The zero-order valence-electron chi connectivity index (χ0n) is 11.8. The number of rotatable bonds is 5. The van der Waals surface area contributed by atoms with E-state index in [9.17, 15) is 4.79 Å². The van der Waals surface area contributed by atoms with Crippen LogP contribution in [-0.2, 0) is 4.74 Å². The van der Waals surface area contributed by atoms with Gasteiger partial charge in [0.25, 0.3) is 5.91 Å². The molecule has 0 bridgehead atoms. The molecule has 0 heterocycles. The fourth-order valence-electron chi connectivity index (χ4n) is 2.39. The Kier molecular flexibility index (Phi) is 4.43. The van der Waals surface area contributed by atoms with Crippen molar-refractivity contribution < 1.29 is 9.53 Å². The Labute approximate surface area is 114 Å². The normalized spacial score (nSPS) is 21.6. The van der Waals surface area contributed by atoms with Gasteiger partial charge in [0.2, 0.25) is 0 Å². The Morgan fingerprint density at radius 1 is 1.42 bits per heavy atom. The molecule has 1 aliphatic carbocycles. The lowest BCUT2D eigenvalue weighted by Gasteiger charge is -2.36. The standard InChI is InChI=1S/C15H22N2O2/c1-4-19-13-8-12(9-13)17-14-6-5-11(7-10(14)2)15(18)16-3/h5-7,12-13,17H,4,8-9H2,1-3H3,(H,16,18). The van der Waals surface area contributed by atoms with Crippen LogP contribution in [0.2, 0.25) is 0 Å². The highest BCUT2D eigenvalue weighted by molar-refractivity contribution is 5.94. The average molecular weight is 262 g/mol. The molecule has 19 heavy (non-hydrogen) atoms. The van der Waals surface area contributed by atoms with E-state index >= 15 is 0 Å². The summed E-state index contributed by atoms with van der Waals surface area (Å²) in [4.78, 5) is 11.5. The third-order valence-corrected chi connectivity index (χ3v) is 3.57. The summed E-state index contributed by atoms with van der Waals surface area (Å²) in [5.41, 5.74) is 2.90. The topological polar surface area (TPSA) is 50.4 Å². The molecule has 0 spiro atoms. The van der Waals surface area contributed by atoms with Crippen molar-refractivity contribution >= 4 is 11.6 Å². The van der Waals surface area contributed by atoms with E-state index in [-0.39, 0.29) is 5.91 Å². The number of anilines is 1. The van der Waals surface area contributed by atoms with Gasteiger partial charge >= 0.3 is 0 Å². The molecule has 2 N–H and O–H groups in total. The maximum Gasteiger partial charge on any atom is 0.251 e. The van der Waals surface area contributed by atoms with Crippen LogP contribution in [0, 0.1) is 6.92 Å². The summed E-state index contributed by atoms with van der Waals surface area (Å²) in [6.07, 6.45) is 2.53. The van der Waals surface area contributed by atoms with Crippen molar-refractivity contribution in [3.05, 3.63) is 29.3 Å². The lowest BCUT2D eigenvalue weighted by molar-refractivity contribution is 0.00298. The van der Waals surface area contributed by atoms with Crippen LogP contribution in [0.4, 0.5) is 5.69 Å². The van der Waals surface area contributed by atoms with Crippen LogP contribution in [0.3, 0.4) is 0 Å². The first kappa shape index (κ1) is 13.9. The predicted octanol–water partition coefficient (Wildman–Crippen LogP) is 2.33. The number of hydrogen-bond acceptors (Lipinski definition) is 3. The van der Waals surface area contributed by atoms with Gasteiger partial charge in [-0.05, 0) is 50.5 Å². The van der Waals surface area contributed by atoms with Crippen molar-refractivity contribution in [2.45, 2.75) is 38.8 Å². The van der Waals surface area contributed by atoms with E-state index in [1.165, 1.54) is 0 Å². The van der Waals surface area contributed by atoms with Crippen LogP contribution >= 0.6 is 0 Å². The van der Waals surface area contributed by atoms with Gasteiger partial charge in [0.1, 0.15) is 0 Å². The molecule has 0 radical (unpaired) electrons. The van der Waals surface area contributed by atoms with Crippen LogP contribution in [0.25, 0.3) is 0 Å². The fraction of sp³-hybridized carbons (Fsp3) is 0.533. The quantitative estimate of drug-likeness (QED) is 0.856. The summed E-state index contributed by atoms with van der Waals surface area (Å²) in [6.45, 7) is 4.84. The van der Waals surface area contributed by atoms with E-state index in [4.69, 9.17) is 4.74 Å². The van der Waals surface area contributed by atoms with Gasteiger partial charge in [0.05, 0.1) is 6.10 Å². The molecule has 0 aromatic heterocycles. The smallest absolute Gasteiger partial charge is 0.251 e. The molecule has 2 rings (SSSR count). The minimum absolute atomic E-state index is 0.0466. The van der Waals surface area contributed by atoms with Crippen molar-refractivity contribution in [2.24, 2.45) is 0 Å². The van der Waals surface area contributed by atoms with E-state index in [1.54, 1.807) is 7.05 Å².